The number of aliphatic carboxylic acids is 1. The summed E-state index contributed by atoms with van der Waals surface area (Å²) in [5, 5.41) is 11.0. The van der Waals surface area contributed by atoms with Crippen LogP contribution in [0.3, 0.4) is 0 Å². The number of carboxylic acids is 1. The lowest BCUT2D eigenvalue weighted by molar-refractivity contribution is -0.307. The number of hydrogen-bond donors (Lipinski definition) is 0. The molecule has 1 aromatic carbocycles. The zero-order valence-electron chi connectivity index (χ0n) is 12.5. The third kappa shape index (κ3) is 2.70. The molecular weight excluding hydrogens is 300 g/mol. The Labute approximate surface area is 130 Å². The molecule has 0 aliphatic heterocycles. The highest BCUT2D eigenvalue weighted by Crippen LogP contribution is 2.32. The molecule has 6 nitrogen and oxygen atoms in total. The summed E-state index contributed by atoms with van der Waals surface area (Å²) in [7, 11) is 0. The Morgan fingerprint density at radius 1 is 1.26 bits per heavy atom. The topological polar surface area (TPSA) is 92.7 Å². The summed E-state index contributed by atoms with van der Waals surface area (Å²) in [6.07, 6.45) is 1.42. The summed E-state index contributed by atoms with van der Waals surface area (Å²) < 4.78 is 16.1. The first-order valence-corrected chi connectivity index (χ1v) is 6.92. The average Bonchev–Trinajstić information content (AvgIpc) is 3.02. The number of carbonyl (C=O) groups is 1. The molecule has 3 rings (SSSR count). The number of rotatable bonds is 4. The molecule has 118 valence electrons. The lowest BCUT2D eigenvalue weighted by Crippen LogP contribution is -2.30. The predicted octanol–water partition coefficient (Wildman–Crippen LogP) is 1.80. The van der Waals surface area contributed by atoms with Crippen LogP contribution in [-0.2, 0) is 4.79 Å². The third-order valence-corrected chi connectivity index (χ3v) is 3.54. The zero-order valence-corrected chi connectivity index (χ0v) is 12.5. The van der Waals surface area contributed by atoms with Crippen molar-refractivity contribution in [3.63, 3.8) is 0 Å². The van der Waals surface area contributed by atoms with Crippen LogP contribution in [0, 0.1) is 13.8 Å². The summed E-state index contributed by atoms with van der Waals surface area (Å²) in [5.41, 5.74) is 1.81. The van der Waals surface area contributed by atoms with Gasteiger partial charge in [-0.05, 0) is 49.2 Å². The molecule has 0 aliphatic carbocycles. The molecule has 6 heteroatoms. The molecule has 0 radical (unpaired) electrons. The van der Waals surface area contributed by atoms with Gasteiger partial charge in [0.15, 0.2) is 5.76 Å². The highest BCUT2D eigenvalue weighted by molar-refractivity contribution is 5.82. The predicted molar refractivity (Wildman–Crippen MR) is 80.2 cm³/mol. The van der Waals surface area contributed by atoms with Crippen molar-refractivity contribution in [2.75, 3.05) is 6.61 Å². The Kier molecular flexibility index (Phi) is 3.65. The fourth-order valence-corrected chi connectivity index (χ4v) is 2.27. The van der Waals surface area contributed by atoms with Crippen LogP contribution in [-0.4, -0.2) is 12.6 Å². The Bertz CT molecular complexity index is 934. The second-order valence-electron chi connectivity index (χ2n) is 5.16. The van der Waals surface area contributed by atoms with E-state index in [0.29, 0.717) is 11.0 Å². The molecule has 0 atom stereocenters. The van der Waals surface area contributed by atoms with Gasteiger partial charge in [0.25, 0.3) is 0 Å². The Morgan fingerprint density at radius 3 is 2.65 bits per heavy atom. The maximum atomic E-state index is 12.7. The molecule has 0 fully saturated rings. The van der Waals surface area contributed by atoms with E-state index in [1.807, 2.05) is 13.8 Å². The number of ether oxygens (including phenoxy) is 1. The van der Waals surface area contributed by atoms with Crippen LogP contribution in [0.1, 0.15) is 11.1 Å². The Hall–Kier alpha value is -3.02. The van der Waals surface area contributed by atoms with Gasteiger partial charge < -0.3 is 23.5 Å². The standard InChI is InChI=1S/C17H14O6/c1-9-6-11-13(7-10(9)2)23-16(12-4-3-5-21-12)17(15(11)20)22-8-14(18)19/h3-7H,8H2,1-2H3,(H,18,19)/p-1. The first-order valence-electron chi connectivity index (χ1n) is 6.92. The molecule has 0 aliphatic rings. The molecule has 3 aromatic rings. The molecule has 0 saturated carbocycles. The van der Waals surface area contributed by atoms with Crippen molar-refractivity contribution in [2.24, 2.45) is 0 Å². The SMILES string of the molecule is Cc1cc2oc(-c3ccco3)c(OCC(=O)[O-])c(=O)c2cc1C. The number of benzene rings is 1. The first kappa shape index (κ1) is 14.9. The van der Waals surface area contributed by atoms with Crippen molar-refractivity contribution >= 4 is 16.9 Å². The number of furan rings is 1. The van der Waals surface area contributed by atoms with E-state index >= 15 is 0 Å². The third-order valence-electron chi connectivity index (χ3n) is 3.54. The largest absolute Gasteiger partial charge is 0.546 e. The average molecular weight is 313 g/mol. The van der Waals surface area contributed by atoms with Crippen LogP contribution >= 0.6 is 0 Å². The fraction of sp³-hybridized carbons (Fsp3) is 0.176. The normalized spacial score (nSPS) is 10.9. The zero-order chi connectivity index (χ0) is 16.6. The van der Waals surface area contributed by atoms with E-state index in [9.17, 15) is 14.7 Å². The van der Waals surface area contributed by atoms with Gasteiger partial charge in [0, 0.05) is 0 Å². The first-order chi connectivity index (χ1) is 11.0. The van der Waals surface area contributed by atoms with Crippen LogP contribution in [0.4, 0.5) is 0 Å². The van der Waals surface area contributed by atoms with Gasteiger partial charge in [-0.25, -0.2) is 0 Å². The van der Waals surface area contributed by atoms with E-state index < -0.39 is 18.0 Å². The van der Waals surface area contributed by atoms with Gasteiger partial charge in [-0.1, -0.05) is 0 Å². The highest BCUT2D eigenvalue weighted by Gasteiger charge is 2.20. The van der Waals surface area contributed by atoms with Crippen molar-refractivity contribution in [1.82, 2.24) is 0 Å². The van der Waals surface area contributed by atoms with Gasteiger partial charge >= 0.3 is 0 Å². The minimum Gasteiger partial charge on any atom is -0.546 e. The minimum atomic E-state index is -1.44. The van der Waals surface area contributed by atoms with E-state index in [1.54, 1.807) is 24.3 Å². The Balaban J connectivity index is 2.30. The van der Waals surface area contributed by atoms with Crippen LogP contribution in [0.25, 0.3) is 22.5 Å². The van der Waals surface area contributed by atoms with Crippen molar-refractivity contribution in [2.45, 2.75) is 13.8 Å². The van der Waals surface area contributed by atoms with E-state index in [2.05, 4.69) is 0 Å². The monoisotopic (exact) mass is 313 g/mol. The molecule has 0 bridgehead atoms. The lowest BCUT2D eigenvalue weighted by Gasteiger charge is -2.11. The van der Waals surface area contributed by atoms with Crippen molar-refractivity contribution in [1.29, 1.82) is 0 Å². The van der Waals surface area contributed by atoms with Crippen LogP contribution in [0.2, 0.25) is 0 Å². The van der Waals surface area contributed by atoms with Gasteiger partial charge in [-0.15, -0.1) is 0 Å². The maximum absolute atomic E-state index is 12.7. The molecular formula is C17H13O6-. The smallest absolute Gasteiger partial charge is 0.235 e. The van der Waals surface area contributed by atoms with Gasteiger partial charge in [-0.2, -0.15) is 0 Å². The summed E-state index contributed by atoms with van der Waals surface area (Å²) in [5.74, 6) is -1.32. The van der Waals surface area contributed by atoms with Crippen LogP contribution in [0.5, 0.6) is 5.75 Å². The molecule has 2 heterocycles. The van der Waals surface area contributed by atoms with E-state index in [-0.39, 0.29) is 17.3 Å². The van der Waals surface area contributed by atoms with E-state index in [1.165, 1.54) is 6.26 Å². The summed E-state index contributed by atoms with van der Waals surface area (Å²) in [6.45, 7) is 3.02. The molecule has 0 amide bonds. The summed E-state index contributed by atoms with van der Waals surface area (Å²) in [4.78, 5) is 23.3. The molecule has 0 saturated heterocycles. The van der Waals surface area contributed by atoms with Crippen LogP contribution < -0.4 is 15.3 Å². The van der Waals surface area contributed by atoms with Crippen molar-refractivity contribution in [3.8, 4) is 17.3 Å². The minimum absolute atomic E-state index is 0.0528. The summed E-state index contributed by atoms with van der Waals surface area (Å²) >= 11 is 0. The van der Waals surface area contributed by atoms with Crippen LogP contribution in [0.15, 0.2) is 44.2 Å². The van der Waals surface area contributed by atoms with Gasteiger partial charge in [0.2, 0.25) is 16.9 Å². The molecule has 0 spiro atoms. The second kappa shape index (κ2) is 5.64. The quantitative estimate of drug-likeness (QED) is 0.729. The van der Waals surface area contributed by atoms with Gasteiger partial charge in [-0.3, -0.25) is 4.79 Å². The number of carbonyl (C=O) groups excluding carboxylic acids is 1. The van der Waals surface area contributed by atoms with E-state index in [4.69, 9.17) is 13.6 Å². The summed E-state index contributed by atoms with van der Waals surface area (Å²) in [6, 6.07) is 6.66. The van der Waals surface area contributed by atoms with E-state index in [0.717, 1.165) is 11.1 Å². The van der Waals surface area contributed by atoms with Gasteiger partial charge in [0.05, 0.1) is 17.6 Å². The van der Waals surface area contributed by atoms with Gasteiger partial charge in [0.1, 0.15) is 12.2 Å². The van der Waals surface area contributed by atoms with Crippen molar-refractivity contribution in [3.05, 3.63) is 51.9 Å². The molecule has 0 N–H and O–H groups in total. The fourth-order valence-electron chi connectivity index (χ4n) is 2.27. The highest BCUT2D eigenvalue weighted by atomic mass is 16.5. The molecule has 0 unspecified atom stereocenters. The number of fused-ring (bicyclic) bond motifs is 1. The number of aryl methyl sites for hydroxylation is 2. The van der Waals surface area contributed by atoms with Crippen molar-refractivity contribution < 1.29 is 23.5 Å². The molecule has 23 heavy (non-hydrogen) atoms. The second-order valence-corrected chi connectivity index (χ2v) is 5.16. The number of carboxylic acid groups (broad SMARTS) is 1. The Morgan fingerprint density at radius 2 is 2.00 bits per heavy atom. The number of hydrogen-bond acceptors (Lipinski definition) is 6. The molecule has 2 aromatic heterocycles. The lowest BCUT2D eigenvalue weighted by atomic mass is 10.1. The maximum Gasteiger partial charge on any atom is 0.235 e.